The number of carbonyl (C=O) groups is 3. The molecular formula is C26H25N3O5. The monoisotopic (exact) mass is 459 g/mol. The SMILES string of the molecule is Cc1ccc(-n2c(C)cc(C(=O)CN3C(=O)NC(C)(c4ccc5c(c4)OCO5)C3=O)c2C)cc1. The van der Waals surface area contributed by atoms with Gasteiger partial charge in [0.25, 0.3) is 5.91 Å². The van der Waals surface area contributed by atoms with E-state index < -0.39 is 17.5 Å². The van der Waals surface area contributed by atoms with Gasteiger partial charge in [-0.25, -0.2) is 4.79 Å². The van der Waals surface area contributed by atoms with E-state index in [4.69, 9.17) is 9.47 Å². The van der Waals surface area contributed by atoms with Crippen molar-refractivity contribution in [3.8, 4) is 17.2 Å². The highest BCUT2D eigenvalue weighted by Gasteiger charge is 2.50. The van der Waals surface area contributed by atoms with Gasteiger partial charge in [0.15, 0.2) is 17.3 Å². The minimum absolute atomic E-state index is 0.109. The topological polar surface area (TPSA) is 89.9 Å². The molecule has 2 aliphatic heterocycles. The fraction of sp³-hybridized carbons (Fsp3) is 0.269. The molecule has 0 aliphatic carbocycles. The molecule has 2 aromatic carbocycles. The summed E-state index contributed by atoms with van der Waals surface area (Å²) in [4.78, 5) is 40.3. The molecule has 1 aromatic heterocycles. The number of hydrogen-bond donors (Lipinski definition) is 1. The lowest BCUT2D eigenvalue weighted by Gasteiger charge is -2.22. The second kappa shape index (κ2) is 7.76. The molecule has 3 amide bonds. The van der Waals surface area contributed by atoms with Crippen LogP contribution in [0, 0.1) is 20.8 Å². The number of hydrogen-bond acceptors (Lipinski definition) is 5. The quantitative estimate of drug-likeness (QED) is 0.463. The number of urea groups is 1. The summed E-state index contributed by atoms with van der Waals surface area (Å²) in [5, 5.41) is 2.74. The average Bonchev–Trinajstić information content (AvgIpc) is 3.46. The lowest BCUT2D eigenvalue weighted by atomic mass is 9.91. The molecule has 5 rings (SSSR count). The Balaban J connectivity index is 1.40. The number of benzene rings is 2. The first-order chi connectivity index (χ1) is 16.2. The molecule has 34 heavy (non-hydrogen) atoms. The van der Waals surface area contributed by atoms with E-state index in [-0.39, 0.29) is 19.1 Å². The smallest absolute Gasteiger partial charge is 0.325 e. The van der Waals surface area contributed by atoms with Gasteiger partial charge < -0.3 is 19.4 Å². The maximum absolute atomic E-state index is 13.3. The van der Waals surface area contributed by atoms with Crippen molar-refractivity contribution in [3.63, 3.8) is 0 Å². The van der Waals surface area contributed by atoms with Crippen molar-refractivity contribution < 1.29 is 23.9 Å². The Morgan fingerprint density at radius 1 is 1.00 bits per heavy atom. The van der Waals surface area contributed by atoms with Crippen LogP contribution in [-0.2, 0) is 10.3 Å². The van der Waals surface area contributed by atoms with Gasteiger partial charge in [-0.1, -0.05) is 23.8 Å². The van der Waals surface area contributed by atoms with Crippen LogP contribution in [0.2, 0.25) is 0 Å². The lowest BCUT2D eigenvalue weighted by Crippen LogP contribution is -2.41. The number of nitrogens with one attached hydrogen (secondary N) is 1. The van der Waals surface area contributed by atoms with Crippen LogP contribution in [0.4, 0.5) is 4.79 Å². The molecule has 0 radical (unpaired) electrons. The van der Waals surface area contributed by atoms with Gasteiger partial charge in [0.2, 0.25) is 6.79 Å². The summed E-state index contributed by atoms with van der Waals surface area (Å²) >= 11 is 0. The molecule has 3 aromatic rings. The average molecular weight is 460 g/mol. The van der Waals surface area contributed by atoms with Crippen molar-refractivity contribution in [1.82, 2.24) is 14.8 Å². The molecule has 0 bridgehead atoms. The van der Waals surface area contributed by atoms with Gasteiger partial charge in [-0.2, -0.15) is 0 Å². The van der Waals surface area contributed by atoms with Gasteiger partial charge in [0.05, 0.1) is 6.54 Å². The van der Waals surface area contributed by atoms with Gasteiger partial charge in [0, 0.05) is 22.6 Å². The zero-order chi connectivity index (χ0) is 24.2. The zero-order valence-electron chi connectivity index (χ0n) is 19.5. The second-order valence-electron chi connectivity index (χ2n) is 8.89. The van der Waals surface area contributed by atoms with Crippen molar-refractivity contribution in [2.45, 2.75) is 33.2 Å². The highest BCUT2D eigenvalue weighted by Crippen LogP contribution is 2.38. The zero-order valence-corrected chi connectivity index (χ0v) is 19.5. The van der Waals surface area contributed by atoms with E-state index in [0.717, 1.165) is 27.5 Å². The van der Waals surface area contributed by atoms with Crippen molar-refractivity contribution in [2.75, 3.05) is 13.3 Å². The first-order valence-corrected chi connectivity index (χ1v) is 11.0. The first-order valence-electron chi connectivity index (χ1n) is 11.0. The van der Waals surface area contributed by atoms with Crippen LogP contribution in [0.15, 0.2) is 48.5 Å². The van der Waals surface area contributed by atoms with Gasteiger partial charge in [-0.05, 0) is 63.6 Å². The van der Waals surface area contributed by atoms with Crippen LogP contribution in [0.25, 0.3) is 5.69 Å². The third kappa shape index (κ3) is 3.34. The lowest BCUT2D eigenvalue weighted by molar-refractivity contribution is -0.130. The minimum Gasteiger partial charge on any atom is -0.454 e. The number of rotatable bonds is 5. The Morgan fingerprint density at radius 2 is 1.71 bits per heavy atom. The summed E-state index contributed by atoms with van der Waals surface area (Å²) in [5.74, 6) is 0.306. The molecule has 2 aliphatic rings. The maximum atomic E-state index is 13.3. The van der Waals surface area contributed by atoms with Crippen molar-refractivity contribution in [1.29, 1.82) is 0 Å². The predicted molar refractivity (Wildman–Crippen MR) is 124 cm³/mol. The number of aromatic nitrogens is 1. The molecule has 0 saturated carbocycles. The molecule has 3 heterocycles. The fourth-order valence-electron chi connectivity index (χ4n) is 4.61. The van der Waals surface area contributed by atoms with E-state index in [2.05, 4.69) is 5.32 Å². The van der Waals surface area contributed by atoms with E-state index >= 15 is 0 Å². The number of aryl methyl sites for hydroxylation is 2. The van der Waals surface area contributed by atoms with Crippen LogP contribution in [0.5, 0.6) is 11.5 Å². The van der Waals surface area contributed by atoms with Crippen LogP contribution in [0.3, 0.4) is 0 Å². The number of imide groups is 1. The molecule has 1 N–H and O–H groups in total. The van der Waals surface area contributed by atoms with E-state index in [9.17, 15) is 14.4 Å². The largest absolute Gasteiger partial charge is 0.454 e. The summed E-state index contributed by atoms with van der Waals surface area (Å²) in [6, 6.07) is 14.3. The number of Topliss-reactive ketones (excluding diaryl/α,β-unsaturated/α-hetero) is 1. The number of nitrogens with zero attached hydrogens (tertiary/aromatic N) is 2. The Labute approximate surface area is 197 Å². The molecule has 1 atom stereocenters. The maximum Gasteiger partial charge on any atom is 0.325 e. The third-order valence-corrected chi connectivity index (χ3v) is 6.55. The fourth-order valence-corrected chi connectivity index (χ4v) is 4.61. The Hall–Kier alpha value is -4.07. The van der Waals surface area contributed by atoms with E-state index in [1.165, 1.54) is 0 Å². The number of fused-ring (bicyclic) bond motifs is 1. The number of ether oxygens (including phenoxy) is 2. The molecule has 1 fully saturated rings. The van der Waals surface area contributed by atoms with Crippen LogP contribution in [-0.4, -0.2) is 40.5 Å². The molecule has 8 nitrogen and oxygen atoms in total. The standard InChI is InChI=1S/C26H25N3O5/c1-15-5-8-19(9-6-15)29-16(2)11-20(17(29)3)21(30)13-28-24(31)26(4,27-25(28)32)18-7-10-22-23(12-18)34-14-33-22/h5-12H,13-14H2,1-4H3,(H,27,32). The van der Waals surface area contributed by atoms with Gasteiger partial charge in [-0.3, -0.25) is 14.5 Å². The molecule has 1 unspecified atom stereocenters. The minimum atomic E-state index is -1.31. The van der Waals surface area contributed by atoms with Gasteiger partial charge >= 0.3 is 6.03 Å². The summed E-state index contributed by atoms with van der Waals surface area (Å²) in [6.45, 7) is 7.19. The first kappa shape index (κ1) is 21.8. The predicted octanol–water partition coefficient (Wildman–Crippen LogP) is 3.78. The van der Waals surface area contributed by atoms with Gasteiger partial charge in [-0.15, -0.1) is 0 Å². The Kier molecular flexibility index (Phi) is 4.97. The Bertz CT molecular complexity index is 1340. The van der Waals surface area contributed by atoms with E-state index in [0.29, 0.717) is 22.6 Å². The van der Waals surface area contributed by atoms with Crippen molar-refractivity contribution in [2.24, 2.45) is 0 Å². The molecule has 0 spiro atoms. The van der Waals surface area contributed by atoms with E-state index in [1.807, 2.05) is 49.6 Å². The Morgan fingerprint density at radius 3 is 2.44 bits per heavy atom. The summed E-state index contributed by atoms with van der Waals surface area (Å²) in [5.41, 5.74) is 3.48. The number of carbonyl (C=O) groups excluding carboxylic acids is 3. The molecule has 174 valence electrons. The highest BCUT2D eigenvalue weighted by atomic mass is 16.7. The molecule has 8 heteroatoms. The van der Waals surface area contributed by atoms with Crippen LogP contribution in [0.1, 0.15) is 39.8 Å². The summed E-state index contributed by atoms with van der Waals surface area (Å²) < 4.78 is 12.7. The van der Waals surface area contributed by atoms with E-state index in [1.54, 1.807) is 31.2 Å². The van der Waals surface area contributed by atoms with Crippen molar-refractivity contribution >= 4 is 17.7 Å². The molecule has 1 saturated heterocycles. The van der Waals surface area contributed by atoms with Crippen molar-refractivity contribution in [3.05, 3.63) is 76.6 Å². The number of ketones is 1. The third-order valence-electron chi connectivity index (χ3n) is 6.55. The normalized spacial score (nSPS) is 19.0. The van der Waals surface area contributed by atoms with Crippen LogP contribution >= 0.6 is 0 Å². The van der Waals surface area contributed by atoms with Crippen LogP contribution < -0.4 is 14.8 Å². The summed E-state index contributed by atoms with van der Waals surface area (Å²) in [6.07, 6.45) is 0. The second-order valence-corrected chi connectivity index (χ2v) is 8.89. The van der Waals surface area contributed by atoms with Gasteiger partial charge in [0.1, 0.15) is 5.54 Å². The highest BCUT2D eigenvalue weighted by molar-refractivity contribution is 6.11. The summed E-state index contributed by atoms with van der Waals surface area (Å²) in [7, 11) is 0. The number of amides is 3. The molecular weight excluding hydrogens is 434 g/mol.